The van der Waals surface area contributed by atoms with Gasteiger partial charge < -0.3 is 9.47 Å². The molecule has 0 radical (unpaired) electrons. The van der Waals surface area contributed by atoms with Crippen LogP contribution in [0.3, 0.4) is 0 Å². The van der Waals surface area contributed by atoms with Gasteiger partial charge in [0.15, 0.2) is 0 Å². The molecular weight excluding hydrogens is 324 g/mol. The van der Waals surface area contributed by atoms with E-state index in [4.69, 9.17) is 14.6 Å². The molecule has 0 aliphatic carbocycles. The summed E-state index contributed by atoms with van der Waals surface area (Å²) in [6, 6.07) is 5.28. The quantitative estimate of drug-likeness (QED) is 0.570. The van der Waals surface area contributed by atoms with Crippen molar-refractivity contribution >= 4 is 27.8 Å². The van der Waals surface area contributed by atoms with Crippen molar-refractivity contribution < 1.29 is 27.5 Å². The Labute approximate surface area is 135 Å². The van der Waals surface area contributed by atoms with Crippen molar-refractivity contribution in [2.45, 2.75) is 25.2 Å². The number of amides is 1. The van der Waals surface area contributed by atoms with E-state index in [-0.39, 0.29) is 30.0 Å². The monoisotopic (exact) mass is 344 g/mol. The first-order chi connectivity index (χ1) is 10.7. The fourth-order valence-corrected chi connectivity index (χ4v) is 1.98. The van der Waals surface area contributed by atoms with Gasteiger partial charge >= 0.3 is 12.1 Å². The number of carbonyl (C=O) groups is 2. The van der Waals surface area contributed by atoms with Crippen LogP contribution in [-0.2, 0) is 24.3 Å². The highest BCUT2D eigenvalue weighted by Crippen LogP contribution is 2.12. The Morgan fingerprint density at radius 3 is 2.26 bits per heavy atom. The summed E-state index contributed by atoms with van der Waals surface area (Å²) >= 11 is 0. The molecule has 1 aromatic rings. The molecule has 0 aliphatic rings. The third-order valence-corrected chi connectivity index (χ3v) is 3.93. The number of nitrogens with two attached hydrogens (primary N) is 1. The highest BCUT2D eigenvalue weighted by molar-refractivity contribution is 7.89. The molecule has 9 heteroatoms. The number of nitrogens with one attached hydrogen (secondary N) is 1. The van der Waals surface area contributed by atoms with E-state index in [1.54, 1.807) is 6.92 Å². The van der Waals surface area contributed by atoms with Crippen molar-refractivity contribution in [2.75, 3.05) is 18.5 Å². The molecule has 3 N–H and O–H groups in total. The van der Waals surface area contributed by atoms with Gasteiger partial charge in [0, 0.05) is 5.69 Å². The number of hydrogen-bond donors (Lipinski definition) is 2. The Balaban J connectivity index is 2.36. The summed E-state index contributed by atoms with van der Waals surface area (Å²) in [7, 11) is -3.78. The van der Waals surface area contributed by atoms with Gasteiger partial charge in [0.2, 0.25) is 10.0 Å². The van der Waals surface area contributed by atoms with Crippen molar-refractivity contribution in [3.8, 4) is 0 Å². The van der Waals surface area contributed by atoms with Crippen LogP contribution in [0.4, 0.5) is 10.5 Å². The molecule has 0 heterocycles. The van der Waals surface area contributed by atoms with Crippen LogP contribution in [0.15, 0.2) is 29.2 Å². The lowest BCUT2D eigenvalue weighted by Crippen LogP contribution is -2.20. The van der Waals surface area contributed by atoms with Crippen LogP contribution < -0.4 is 10.5 Å². The summed E-state index contributed by atoms with van der Waals surface area (Å²) in [5.74, 6) is -0.531. The molecule has 0 aromatic heterocycles. The largest absolute Gasteiger partial charge is 0.462 e. The molecule has 1 aromatic carbocycles. The van der Waals surface area contributed by atoms with Crippen LogP contribution in [0.5, 0.6) is 0 Å². The van der Waals surface area contributed by atoms with Crippen LogP contribution in [0.2, 0.25) is 0 Å². The summed E-state index contributed by atoms with van der Waals surface area (Å²) in [6.45, 7) is 3.52. The second kappa shape index (κ2) is 8.49. The zero-order valence-corrected chi connectivity index (χ0v) is 13.8. The van der Waals surface area contributed by atoms with Gasteiger partial charge in [-0.15, -0.1) is 0 Å². The third-order valence-electron chi connectivity index (χ3n) is 3.00. The van der Waals surface area contributed by atoms with Gasteiger partial charge in [0.25, 0.3) is 0 Å². The first-order valence-electron chi connectivity index (χ1n) is 6.97. The lowest BCUT2D eigenvalue weighted by atomic mass is 10.1. The van der Waals surface area contributed by atoms with E-state index in [9.17, 15) is 18.0 Å². The number of hydrogen-bond acceptors (Lipinski definition) is 6. The average Bonchev–Trinajstić information content (AvgIpc) is 2.50. The van der Waals surface area contributed by atoms with Gasteiger partial charge in [-0.05, 0) is 30.7 Å². The number of ether oxygens (including phenoxy) is 2. The highest BCUT2D eigenvalue weighted by atomic mass is 32.2. The molecule has 1 amide bonds. The molecule has 1 atom stereocenters. The minimum atomic E-state index is -3.78. The Hall–Kier alpha value is -2.13. The second-order valence-corrected chi connectivity index (χ2v) is 6.37. The number of sulfonamides is 1. The highest BCUT2D eigenvalue weighted by Gasteiger charge is 2.12. The van der Waals surface area contributed by atoms with Crippen molar-refractivity contribution in [1.82, 2.24) is 0 Å². The number of primary sulfonamides is 1. The van der Waals surface area contributed by atoms with E-state index in [0.29, 0.717) is 12.1 Å². The summed E-state index contributed by atoms with van der Waals surface area (Å²) in [5, 5.41) is 7.37. The van der Waals surface area contributed by atoms with Crippen molar-refractivity contribution in [2.24, 2.45) is 11.1 Å². The molecule has 0 saturated carbocycles. The first kappa shape index (κ1) is 18.9. The molecule has 128 valence electrons. The molecule has 8 nitrogen and oxygen atoms in total. The number of anilines is 1. The standard InChI is InChI=1S/C14H20N2O6S/c1-3-10(2)13(17)21-8-9-22-14(18)16-11-4-6-12(7-5-11)23(15,19)20/h4-7,10H,3,8-9H2,1-2H3,(H,16,18)(H2,15,19,20). The van der Waals surface area contributed by atoms with Gasteiger partial charge in [-0.2, -0.15) is 0 Å². The predicted octanol–water partition coefficient (Wildman–Crippen LogP) is 1.47. The van der Waals surface area contributed by atoms with Gasteiger partial charge in [0.1, 0.15) is 13.2 Å². The summed E-state index contributed by atoms with van der Waals surface area (Å²) in [6.07, 6.45) is -0.0674. The SMILES string of the molecule is CCC(C)C(=O)OCCOC(=O)Nc1ccc(S(N)(=O)=O)cc1. The first-order valence-corrected chi connectivity index (χ1v) is 8.52. The maximum atomic E-state index is 11.5. The molecule has 1 unspecified atom stereocenters. The third kappa shape index (κ3) is 6.66. The van der Waals surface area contributed by atoms with E-state index in [1.165, 1.54) is 24.3 Å². The van der Waals surface area contributed by atoms with Crippen LogP contribution in [0.1, 0.15) is 20.3 Å². The lowest BCUT2D eigenvalue weighted by molar-refractivity contribution is -0.149. The second-order valence-electron chi connectivity index (χ2n) is 4.81. The smallest absolute Gasteiger partial charge is 0.411 e. The molecule has 1 rings (SSSR count). The minimum absolute atomic E-state index is 0.0268. The zero-order chi connectivity index (χ0) is 17.5. The van der Waals surface area contributed by atoms with Gasteiger partial charge in [-0.3, -0.25) is 10.1 Å². The predicted molar refractivity (Wildman–Crippen MR) is 83.2 cm³/mol. The molecule has 23 heavy (non-hydrogen) atoms. The van der Waals surface area contributed by atoms with E-state index in [0.717, 1.165) is 0 Å². The maximum Gasteiger partial charge on any atom is 0.411 e. The maximum absolute atomic E-state index is 11.5. The van der Waals surface area contributed by atoms with E-state index < -0.39 is 16.1 Å². The fourth-order valence-electron chi connectivity index (χ4n) is 1.47. The molecule has 0 bridgehead atoms. The van der Waals surface area contributed by atoms with E-state index in [1.807, 2.05) is 6.92 Å². The normalized spacial score (nSPS) is 12.3. The summed E-state index contributed by atoms with van der Waals surface area (Å²) in [5.41, 5.74) is 0.346. The van der Waals surface area contributed by atoms with Gasteiger partial charge in [0.05, 0.1) is 10.8 Å². The van der Waals surface area contributed by atoms with Crippen LogP contribution >= 0.6 is 0 Å². The van der Waals surface area contributed by atoms with Crippen molar-refractivity contribution in [1.29, 1.82) is 0 Å². The molecular formula is C14H20N2O6S. The Morgan fingerprint density at radius 2 is 1.74 bits per heavy atom. The van der Waals surface area contributed by atoms with E-state index >= 15 is 0 Å². The Bertz CT molecular complexity index is 642. The Kier molecular flexibility index (Phi) is 6.98. The van der Waals surface area contributed by atoms with Crippen molar-refractivity contribution in [3.63, 3.8) is 0 Å². The van der Waals surface area contributed by atoms with Crippen LogP contribution in [0, 0.1) is 5.92 Å². The van der Waals surface area contributed by atoms with E-state index in [2.05, 4.69) is 5.32 Å². The molecule has 0 spiro atoms. The van der Waals surface area contributed by atoms with Crippen molar-refractivity contribution in [3.05, 3.63) is 24.3 Å². The number of esters is 1. The van der Waals surface area contributed by atoms with Crippen LogP contribution in [-0.4, -0.2) is 33.7 Å². The number of rotatable bonds is 7. The number of carbonyl (C=O) groups excluding carboxylic acids is 2. The molecule has 0 saturated heterocycles. The average molecular weight is 344 g/mol. The molecule has 0 aliphatic heterocycles. The molecule has 0 fully saturated rings. The minimum Gasteiger partial charge on any atom is -0.462 e. The Morgan fingerprint density at radius 1 is 1.17 bits per heavy atom. The summed E-state index contributed by atoms with van der Waals surface area (Å²) < 4.78 is 31.9. The van der Waals surface area contributed by atoms with Gasteiger partial charge in [-0.25, -0.2) is 18.4 Å². The van der Waals surface area contributed by atoms with Crippen LogP contribution in [0.25, 0.3) is 0 Å². The number of benzene rings is 1. The van der Waals surface area contributed by atoms with Gasteiger partial charge in [-0.1, -0.05) is 13.8 Å². The zero-order valence-electron chi connectivity index (χ0n) is 12.9. The fraction of sp³-hybridized carbons (Fsp3) is 0.429. The lowest BCUT2D eigenvalue weighted by Gasteiger charge is -2.10. The topological polar surface area (TPSA) is 125 Å². The summed E-state index contributed by atoms with van der Waals surface area (Å²) in [4.78, 5) is 22.8.